The van der Waals surface area contributed by atoms with E-state index >= 15 is 0 Å². The number of hydrogen-bond donors (Lipinski definition) is 2. The first kappa shape index (κ1) is 15.4. The summed E-state index contributed by atoms with van der Waals surface area (Å²) in [5.74, 6) is -0.423. The van der Waals surface area contributed by atoms with Crippen LogP contribution >= 0.6 is 11.3 Å². The molecule has 4 aromatic rings. The van der Waals surface area contributed by atoms with Crippen LogP contribution in [0.5, 0.6) is 0 Å². The van der Waals surface area contributed by atoms with Crippen molar-refractivity contribution in [3.8, 4) is 11.3 Å². The zero-order valence-electron chi connectivity index (χ0n) is 13.1. The number of thiazole rings is 1. The van der Waals surface area contributed by atoms with Crippen molar-refractivity contribution < 1.29 is 9.18 Å². The summed E-state index contributed by atoms with van der Waals surface area (Å²) in [5, 5.41) is 9.75. The van der Waals surface area contributed by atoms with Crippen molar-refractivity contribution in [1.82, 2.24) is 20.2 Å². The van der Waals surface area contributed by atoms with E-state index in [4.69, 9.17) is 0 Å². The number of halogens is 1. The van der Waals surface area contributed by atoms with Gasteiger partial charge in [-0.05, 0) is 25.1 Å². The summed E-state index contributed by atoms with van der Waals surface area (Å²) >= 11 is 1.27. The molecule has 0 aliphatic carbocycles. The number of nitrogens with one attached hydrogen (secondary N) is 2. The number of anilines is 1. The molecule has 8 heteroatoms. The van der Waals surface area contributed by atoms with Crippen molar-refractivity contribution in [3.05, 3.63) is 59.1 Å². The van der Waals surface area contributed by atoms with E-state index in [1.165, 1.54) is 17.4 Å². The monoisotopic (exact) mass is 353 g/mol. The van der Waals surface area contributed by atoms with E-state index in [-0.39, 0.29) is 11.7 Å². The van der Waals surface area contributed by atoms with E-state index in [0.717, 1.165) is 10.3 Å². The number of hydrogen-bond acceptors (Lipinski definition) is 5. The van der Waals surface area contributed by atoms with E-state index in [2.05, 4.69) is 25.5 Å². The van der Waals surface area contributed by atoms with Crippen molar-refractivity contribution >= 4 is 33.3 Å². The summed E-state index contributed by atoms with van der Waals surface area (Å²) in [7, 11) is 0. The van der Waals surface area contributed by atoms with Crippen LogP contribution in [0.1, 0.15) is 15.4 Å². The smallest absolute Gasteiger partial charge is 0.285 e. The van der Waals surface area contributed by atoms with Crippen LogP contribution in [0.2, 0.25) is 0 Å². The van der Waals surface area contributed by atoms with Crippen molar-refractivity contribution in [1.29, 1.82) is 0 Å². The number of nitrogens with zero attached hydrogens (tertiary/aromatic N) is 3. The molecule has 25 heavy (non-hydrogen) atoms. The molecule has 4 rings (SSSR count). The van der Waals surface area contributed by atoms with Gasteiger partial charge >= 0.3 is 0 Å². The molecule has 0 saturated heterocycles. The Labute approximate surface area is 145 Å². The molecule has 0 atom stereocenters. The first-order chi connectivity index (χ1) is 12.1. The van der Waals surface area contributed by atoms with E-state index in [1.54, 1.807) is 36.7 Å². The molecule has 0 spiro atoms. The predicted octanol–water partition coefficient (Wildman–Crippen LogP) is 3.78. The number of benzene rings is 1. The molecule has 0 bridgehead atoms. The molecule has 0 saturated carbocycles. The normalized spacial score (nSPS) is 11.0. The van der Waals surface area contributed by atoms with E-state index in [0.29, 0.717) is 27.6 Å². The molecule has 3 aromatic heterocycles. The van der Waals surface area contributed by atoms with Gasteiger partial charge in [0, 0.05) is 17.8 Å². The number of rotatable bonds is 3. The van der Waals surface area contributed by atoms with Crippen LogP contribution in [0.25, 0.3) is 21.5 Å². The highest BCUT2D eigenvalue weighted by Crippen LogP contribution is 2.25. The average Bonchev–Trinajstić information content (AvgIpc) is 3.23. The highest BCUT2D eigenvalue weighted by Gasteiger charge is 2.15. The summed E-state index contributed by atoms with van der Waals surface area (Å²) in [6.45, 7) is 1.88. The van der Waals surface area contributed by atoms with E-state index in [1.807, 2.05) is 6.92 Å². The number of aromatic amines is 1. The summed E-state index contributed by atoms with van der Waals surface area (Å²) in [6.07, 6.45) is 3.26. The molecule has 3 heterocycles. The van der Waals surface area contributed by atoms with Gasteiger partial charge in [0.05, 0.1) is 16.6 Å². The van der Waals surface area contributed by atoms with E-state index < -0.39 is 0 Å². The van der Waals surface area contributed by atoms with Crippen molar-refractivity contribution in [2.75, 3.05) is 5.32 Å². The van der Waals surface area contributed by atoms with Crippen LogP contribution in [-0.2, 0) is 0 Å². The van der Waals surface area contributed by atoms with Crippen LogP contribution in [0.4, 0.5) is 10.2 Å². The molecular formula is C17H12FN5OS. The van der Waals surface area contributed by atoms with Gasteiger partial charge in [-0.3, -0.25) is 14.9 Å². The number of H-pyrrole nitrogens is 1. The second kappa shape index (κ2) is 6.06. The van der Waals surface area contributed by atoms with Gasteiger partial charge < -0.3 is 5.32 Å². The van der Waals surface area contributed by atoms with Gasteiger partial charge in [-0.25, -0.2) is 9.37 Å². The fourth-order valence-electron chi connectivity index (χ4n) is 2.42. The van der Waals surface area contributed by atoms with Gasteiger partial charge in [0.1, 0.15) is 11.3 Å². The molecule has 2 N–H and O–H groups in total. The van der Waals surface area contributed by atoms with Gasteiger partial charge in [0.15, 0.2) is 10.8 Å². The molecule has 1 amide bonds. The first-order valence-corrected chi connectivity index (χ1v) is 8.25. The Balaban J connectivity index is 1.58. The molecular weight excluding hydrogens is 341 g/mol. The highest BCUT2D eigenvalue weighted by molar-refractivity contribution is 7.20. The Morgan fingerprint density at radius 2 is 2.16 bits per heavy atom. The van der Waals surface area contributed by atoms with Crippen LogP contribution < -0.4 is 5.32 Å². The molecule has 0 aliphatic rings. The molecule has 6 nitrogen and oxygen atoms in total. The Morgan fingerprint density at radius 3 is 3.00 bits per heavy atom. The topological polar surface area (TPSA) is 83.6 Å². The van der Waals surface area contributed by atoms with Gasteiger partial charge in [0.25, 0.3) is 5.91 Å². The lowest BCUT2D eigenvalue weighted by Crippen LogP contribution is -2.11. The standard InChI is InChI=1S/C17H12FN5OS/c1-9-2-3-11(18)10(6-9)12-7-15(23-22-12)21-16(24)17-20-13-8-19-5-4-14(13)25-17/h2-8H,1H3,(H2,21,22,23,24). The van der Waals surface area contributed by atoms with Crippen LogP contribution in [0, 0.1) is 12.7 Å². The summed E-state index contributed by atoms with van der Waals surface area (Å²) in [4.78, 5) is 20.6. The van der Waals surface area contributed by atoms with Crippen molar-refractivity contribution in [2.45, 2.75) is 6.92 Å². The highest BCUT2D eigenvalue weighted by atomic mass is 32.1. The van der Waals surface area contributed by atoms with E-state index in [9.17, 15) is 9.18 Å². The second-order valence-electron chi connectivity index (χ2n) is 5.47. The van der Waals surface area contributed by atoms with Gasteiger partial charge in [-0.15, -0.1) is 11.3 Å². The zero-order chi connectivity index (χ0) is 17.4. The lowest BCUT2D eigenvalue weighted by molar-refractivity contribution is 0.102. The number of aryl methyl sites for hydroxylation is 1. The molecule has 0 unspecified atom stereocenters. The Hall–Kier alpha value is -3.13. The third-order valence-corrected chi connectivity index (χ3v) is 4.65. The maximum atomic E-state index is 14.0. The minimum absolute atomic E-state index is 0.304. The van der Waals surface area contributed by atoms with Crippen LogP contribution in [-0.4, -0.2) is 26.1 Å². The number of aromatic nitrogens is 4. The molecule has 0 radical (unpaired) electrons. The Bertz CT molecular complexity index is 1050. The Kier molecular flexibility index (Phi) is 3.73. The number of carbonyl (C=O) groups is 1. The third-order valence-electron chi connectivity index (χ3n) is 3.62. The Morgan fingerprint density at radius 1 is 1.28 bits per heavy atom. The molecule has 1 aromatic carbocycles. The molecule has 124 valence electrons. The number of pyridine rings is 1. The zero-order valence-corrected chi connectivity index (χ0v) is 13.9. The van der Waals surface area contributed by atoms with Gasteiger partial charge in [-0.1, -0.05) is 11.6 Å². The fourth-order valence-corrected chi connectivity index (χ4v) is 3.24. The van der Waals surface area contributed by atoms with Gasteiger partial charge in [-0.2, -0.15) is 5.10 Å². The lowest BCUT2D eigenvalue weighted by Gasteiger charge is -2.01. The van der Waals surface area contributed by atoms with Crippen molar-refractivity contribution in [2.24, 2.45) is 0 Å². The predicted molar refractivity (Wildman–Crippen MR) is 94.1 cm³/mol. The number of fused-ring (bicyclic) bond motifs is 1. The SMILES string of the molecule is Cc1ccc(F)c(-c2cc(NC(=O)c3nc4cnccc4s3)n[nH]2)c1. The number of carbonyl (C=O) groups excluding carboxylic acids is 1. The van der Waals surface area contributed by atoms with Crippen LogP contribution in [0.15, 0.2) is 42.7 Å². The lowest BCUT2D eigenvalue weighted by atomic mass is 10.1. The summed E-state index contributed by atoms with van der Waals surface area (Å²) < 4.78 is 14.8. The average molecular weight is 353 g/mol. The number of amides is 1. The van der Waals surface area contributed by atoms with Crippen LogP contribution in [0.3, 0.4) is 0 Å². The summed E-state index contributed by atoms with van der Waals surface area (Å²) in [6, 6.07) is 8.20. The molecule has 0 fully saturated rings. The minimum Gasteiger partial charge on any atom is -0.303 e. The maximum absolute atomic E-state index is 14.0. The fraction of sp³-hybridized carbons (Fsp3) is 0.0588. The largest absolute Gasteiger partial charge is 0.303 e. The van der Waals surface area contributed by atoms with Gasteiger partial charge in [0.2, 0.25) is 0 Å². The maximum Gasteiger partial charge on any atom is 0.285 e. The minimum atomic E-state index is -0.371. The van der Waals surface area contributed by atoms with Crippen molar-refractivity contribution in [3.63, 3.8) is 0 Å². The second-order valence-corrected chi connectivity index (χ2v) is 6.50. The third kappa shape index (κ3) is 2.99. The molecule has 0 aliphatic heterocycles. The summed E-state index contributed by atoms with van der Waals surface area (Å²) in [5.41, 5.74) is 2.49. The quantitative estimate of drug-likeness (QED) is 0.587. The first-order valence-electron chi connectivity index (χ1n) is 7.44.